The van der Waals surface area contributed by atoms with Crippen LogP contribution in [-0.4, -0.2) is 39.3 Å². The fraction of sp³-hybridized carbons (Fsp3) is 0.333. The molecule has 1 unspecified atom stereocenters. The van der Waals surface area contributed by atoms with E-state index in [1.165, 1.54) is 24.5 Å². The van der Waals surface area contributed by atoms with Gasteiger partial charge in [-0.05, 0) is 43.5 Å². The van der Waals surface area contributed by atoms with Crippen molar-refractivity contribution >= 4 is 22.5 Å². The van der Waals surface area contributed by atoms with Crippen molar-refractivity contribution in [3.8, 4) is 0 Å². The number of nitrogens with zero attached hydrogens (tertiary/aromatic N) is 4. The molecule has 3 heterocycles. The first-order chi connectivity index (χ1) is 12.7. The standard InChI is InChI=1S/C18H19FN6O/c19-12-4-5-15-14(9-12)18(22-11-21-15)20-10-13-3-1-2-8-25(13)16-6-7-17(26)24-23-16/h4-7,9,11,13H,1-3,8,10H2,(H,24,26)(H,20,21,22). The molecule has 1 aliphatic rings. The minimum absolute atomic E-state index is 0.209. The lowest BCUT2D eigenvalue weighted by Gasteiger charge is -2.36. The van der Waals surface area contributed by atoms with Gasteiger partial charge in [-0.25, -0.2) is 19.5 Å². The maximum Gasteiger partial charge on any atom is 0.264 e. The number of halogens is 1. The summed E-state index contributed by atoms with van der Waals surface area (Å²) in [6.07, 6.45) is 4.69. The Bertz CT molecular complexity index is 955. The molecular weight excluding hydrogens is 335 g/mol. The molecule has 8 heteroatoms. The van der Waals surface area contributed by atoms with Crippen LogP contribution in [0, 0.1) is 5.82 Å². The third-order valence-corrected chi connectivity index (χ3v) is 4.69. The van der Waals surface area contributed by atoms with Gasteiger partial charge in [0.15, 0.2) is 0 Å². The lowest BCUT2D eigenvalue weighted by atomic mass is 10.0. The van der Waals surface area contributed by atoms with Crippen LogP contribution in [0.15, 0.2) is 41.5 Å². The second-order valence-corrected chi connectivity index (χ2v) is 6.39. The van der Waals surface area contributed by atoms with Gasteiger partial charge < -0.3 is 10.2 Å². The molecule has 1 atom stereocenters. The molecular formula is C18H19FN6O. The van der Waals surface area contributed by atoms with Gasteiger partial charge in [-0.2, -0.15) is 5.10 Å². The summed E-state index contributed by atoms with van der Waals surface area (Å²) in [4.78, 5) is 21.9. The maximum absolute atomic E-state index is 13.6. The van der Waals surface area contributed by atoms with Crippen molar-refractivity contribution in [3.63, 3.8) is 0 Å². The smallest absolute Gasteiger partial charge is 0.264 e. The molecule has 0 radical (unpaired) electrons. The molecule has 0 amide bonds. The van der Waals surface area contributed by atoms with Crippen molar-refractivity contribution in [3.05, 3.63) is 52.8 Å². The number of piperidine rings is 1. The topological polar surface area (TPSA) is 86.8 Å². The predicted molar refractivity (Wildman–Crippen MR) is 97.8 cm³/mol. The van der Waals surface area contributed by atoms with Gasteiger partial charge in [0.2, 0.25) is 0 Å². The highest BCUT2D eigenvalue weighted by Gasteiger charge is 2.24. The first kappa shape index (κ1) is 16.4. The summed E-state index contributed by atoms with van der Waals surface area (Å²) in [5.41, 5.74) is 0.488. The van der Waals surface area contributed by atoms with Crippen LogP contribution in [0.5, 0.6) is 0 Å². The van der Waals surface area contributed by atoms with E-state index >= 15 is 0 Å². The molecule has 2 N–H and O–H groups in total. The van der Waals surface area contributed by atoms with Crippen molar-refractivity contribution in [2.75, 3.05) is 23.3 Å². The van der Waals surface area contributed by atoms with E-state index in [-0.39, 0.29) is 17.4 Å². The lowest BCUT2D eigenvalue weighted by molar-refractivity contribution is 0.467. The Hall–Kier alpha value is -3.03. The monoisotopic (exact) mass is 354 g/mol. The number of benzene rings is 1. The van der Waals surface area contributed by atoms with Gasteiger partial charge in [-0.15, -0.1) is 0 Å². The molecule has 0 bridgehead atoms. The minimum atomic E-state index is -0.313. The van der Waals surface area contributed by atoms with Gasteiger partial charge >= 0.3 is 0 Å². The number of aromatic amines is 1. The van der Waals surface area contributed by atoms with Crippen LogP contribution in [-0.2, 0) is 0 Å². The van der Waals surface area contributed by atoms with Crippen LogP contribution in [0.25, 0.3) is 10.9 Å². The Balaban J connectivity index is 1.55. The third kappa shape index (κ3) is 3.35. The van der Waals surface area contributed by atoms with Gasteiger partial charge in [0, 0.05) is 30.6 Å². The average molecular weight is 354 g/mol. The zero-order valence-corrected chi connectivity index (χ0v) is 14.2. The molecule has 1 saturated heterocycles. The molecule has 3 aromatic rings. The molecule has 0 spiro atoms. The molecule has 26 heavy (non-hydrogen) atoms. The summed E-state index contributed by atoms with van der Waals surface area (Å²) in [5, 5.41) is 10.6. The summed E-state index contributed by atoms with van der Waals surface area (Å²) in [7, 11) is 0. The van der Waals surface area contributed by atoms with Crippen LogP contribution in [0.1, 0.15) is 19.3 Å². The van der Waals surface area contributed by atoms with Gasteiger partial charge in [0.25, 0.3) is 5.56 Å². The van der Waals surface area contributed by atoms with E-state index in [0.29, 0.717) is 23.3 Å². The molecule has 7 nitrogen and oxygen atoms in total. The highest BCUT2D eigenvalue weighted by molar-refractivity contribution is 5.88. The van der Waals surface area contributed by atoms with Crippen molar-refractivity contribution in [2.45, 2.75) is 25.3 Å². The number of aromatic nitrogens is 4. The average Bonchev–Trinajstić information content (AvgIpc) is 2.67. The zero-order valence-electron chi connectivity index (χ0n) is 14.2. The SMILES string of the molecule is O=c1ccc(N2CCCCC2CNc2ncnc3ccc(F)cc23)n[nH]1. The number of hydrogen-bond donors (Lipinski definition) is 2. The van der Waals surface area contributed by atoms with Crippen molar-refractivity contribution in [1.29, 1.82) is 0 Å². The quantitative estimate of drug-likeness (QED) is 0.748. The highest BCUT2D eigenvalue weighted by Crippen LogP contribution is 2.24. The second kappa shape index (κ2) is 7.07. The Morgan fingerprint density at radius 2 is 2.15 bits per heavy atom. The van der Waals surface area contributed by atoms with E-state index in [4.69, 9.17) is 0 Å². The number of rotatable bonds is 4. The van der Waals surface area contributed by atoms with E-state index in [1.807, 2.05) is 0 Å². The summed E-state index contributed by atoms with van der Waals surface area (Å²) in [5.74, 6) is 1.07. The Morgan fingerprint density at radius 1 is 1.23 bits per heavy atom. The summed E-state index contributed by atoms with van der Waals surface area (Å²) < 4.78 is 13.6. The minimum Gasteiger partial charge on any atom is -0.367 e. The van der Waals surface area contributed by atoms with Gasteiger partial charge in [-0.3, -0.25) is 4.79 Å². The van der Waals surface area contributed by atoms with Crippen molar-refractivity contribution in [2.24, 2.45) is 0 Å². The van der Waals surface area contributed by atoms with Crippen LogP contribution < -0.4 is 15.8 Å². The number of anilines is 2. The van der Waals surface area contributed by atoms with Gasteiger partial charge in [0.1, 0.15) is 23.8 Å². The summed E-state index contributed by atoms with van der Waals surface area (Å²) in [6, 6.07) is 7.92. The fourth-order valence-electron chi connectivity index (χ4n) is 3.40. The third-order valence-electron chi connectivity index (χ3n) is 4.69. The van der Waals surface area contributed by atoms with Crippen LogP contribution in [0.4, 0.5) is 16.0 Å². The number of hydrogen-bond acceptors (Lipinski definition) is 6. The molecule has 1 aromatic carbocycles. The molecule has 0 saturated carbocycles. The molecule has 2 aromatic heterocycles. The lowest BCUT2D eigenvalue weighted by Crippen LogP contribution is -2.44. The Kier molecular flexibility index (Phi) is 4.47. The molecule has 0 aliphatic carbocycles. The Morgan fingerprint density at radius 3 is 3.00 bits per heavy atom. The molecule has 1 fully saturated rings. The van der Waals surface area contributed by atoms with E-state index in [1.54, 1.807) is 12.1 Å². The van der Waals surface area contributed by atoms with Crippen LogP contribution in [0.2, 0.25) is 0 Å². The highest BCUT2D eigenvalue weighted by atomic mass is 19.1. The molecule has 134 valence electrons. The largest absolute Gasteiger partial charge is 0.367 e. The predicted octanol–water partition coefficient (Wildman–Crippen LogP) is 2.32. The van der Waals surface area contributed by atoms with Gasteiger partial charge in [0.05, 0.1) is 5.52 Å². The first-order valence-electron chi connectivity index (χ1n) is 8.67. The maximum atomic E-state index is 13.6. The fourth-order valence-corrected chi connectivity index (χ4v) is 3.40. The molecule has 1 aliphatic heterocycles. The Labute approximate surface area is 149 Å². The van der Waals surface area contributed by atoms with E-state index < -0.39 is 0 Å². The van der Waals surface area contributed by atoms with Crippen LogP contribution in [0.3, 0.4) is 0 Å². The first-order valence-corrected chi connectivity index (χ1v) is 8.67. The van der Waals surface area contributed by atoms with Crippen molar-refractivity contribution < 1.29 is 4.39 Å². The van der Waals surface area contributed by atoms with E-state index in [0.717, 1.165) is 31.6 Å². The summed E-state index contributed by atoms with van der Waals surface area (Å²) in [6.45, 7) is 1.52. The normalized spacial score (nSPS) is 17.4. The number of H-pyrrole nitrogens is 1. The van der Waals surface area contributed by atoms with E-state index in [2.05, 4.69) is 30.4 Å². The summed E-state index contributed by atoms with van der Waals surface area (Å²) >= 11 is 0. The zero-order chi connectivity index (χ0) is 17.9. The van der Waals surface area contributed by atoms with E-state index in [9.17, 15) is 9.18 Å². The number of fused-ring (bicyclic) bond motifs is 1. The molecule has 4 rings (SSSR count). The van der Waals surface area contributed by atoms with Crippen molar-refractivity contribution in [1.82, 2.24) is 20.2 Å². The van der Waals surface area contributed by atoms with Gasteiger partial charge in [-0.1, -0.05) is 0 Å². The van der Waals surface area contributed by atoms with Crippen LogP contribution >= 0.6 is 0 Å². The second-order valence-electron chi connectivity index (χ2n) is 6.39. The number of nitrogens with one attached hydrogen (secondary N) is 2.